The largest absolute Gasteiger partial charge is 0.504 e. The van der Waals surface area contributed by atoms with Gasteiger partial charge in [0.2, 0.25) is 5.82 Å². The molecular weight excluding hydrogens is 190 g/mol. The van der Waals surface area contributed by atoms with E-state index in [9.17, 15) is 13.6 Å². The number of phenolic OH excluding ortho intramolecular Hbond substituents is 1. The molecule has 1 N–H and O–H groups in total. The average molecular weight is 202 g/mol. The predicted molar refractivity (Wildman–Crippen MR) is 49.5 cm³/mol. The van der Waals surface area contributed by atoms with Crippen LogP contribution in [0.1, 0.15) is 29.8 Å². The Labute approximate surface area is 81.2 Å². The fourth-order valence-electron chi connectivity index (χ4n) is 0.859. The lowest BCUT2D eigenvalue weighted by atomic mass is 10.1. The number of hydrogen-bond donors (Lipinski definition) is 1. The van der Waals surface area contributed by atoms with Crippen LogP contribution >= 0.6 is 0 Å². The highest BCUT2D eigenvalue weighted by molar-refractivity contribution is 5.79. The van der Waals surface area contributed by atoms with Gasteiger partial charge in [0.15, 0.2) is 17.9 Å². The summed E-state index contributed by atoms with van der Waals surface area (Å²) in [6.45, 7) is 5.31. The van der Waals surface area contributed by atoms with Gasteiger partial charge in [-0.15, -0.1) is 0 Å². The van der Waals surface area contributed by atoms with Gasteiger partial charge in [-0.3, -0.25) is 4.79 Å². The van der Waals surface area contributed by atoms with Crippen molar-refractivity contribution in [2.24, 2.45) is 0 Å². The molecule has 1 aromatic rings. The third kappa shape index (κ3) is 2.28. The van der Waals surface area contributed by atoms with Crippen LogP contribution in [0.25, 0.3) is 0 Å². The van der Waals surface area contributed by atoms with Crippen LogP contribution in [-0.2, 0) is 0 Å². The summed E-state index contributed by atoms with van der Waals surface area (Å²) in [6, 6.07) is 1.08. The molecule has 4 heteroatoms. The predicted octanol–water partition coefficient (Wildman–Crippen LogP) is 2.82. The Kier molecular flexibility index (Phi) is 4.77. The minimum atomic E-state index is -1.38. The molecule has 0 fully saturated rings. The van der Waals surface area contributed by atoms with E-state index in [1.807, 2.05) is 13.8 Å². The second-order valence-corrected chi connectivity index (χ2v) is 2.38. The highest BCUT2D eigenvalue weighted by Gasteiger charge is 2.14. The number of halogens is 2. The molecule has 0 aliphatic rings. The van der Waals surface area contributed by atoms with Crippen molar-refractivity contribution in [1.82, 2.24) is 0 Å². The molecule has 0 aromatic heterocycles. The first-order chi connectivity index (χ1) is 6.57. The Balaban J connectivity index is 0.000000791. The topological polar surface area (TPSA) is 37.3 Å². The van der Waals surface area contributed by atoms with E-state index in [4.69, 9.17) is 5.11 Å². The lowest BCUT2D eigenvalue weighted by Crippen LogP contribution is -1.94. The summed E-state index contributed by atoms with van der Waals surface area (Å²) in [6.07, 6.45) is 0.269. The monoisotopic (exact) mass is 202 g/mol. The van der Waals surface area contributed by atoms with Crippen molar-refractivity contribution >= 4 is 6.29 Å². The van der Waals surface area contributed by atoms with Gasteiger partial charge in [0.05, 0.1) is 5.56 Å². The number of aromatic hydroxyl groups is 1. The number of carbonyl (C=O) groups is 1. The van der Waals surface area contributed by atoms with Crippen molar-refractivity contribution in [3.05, 3.63) is 28.8 Å². The zero-order chi connectivity index (χ0) is 11.3. The van der Waals surface area contributed by atoms with Crippen LogP contribution in [0, 0.1) is 18.6 Å². The minimum Gasteiger partial charge on any atom is -0.504 e. The summed E-state index contributed by atoms with van der Waals surface area (Å²) in [5.41, 5.74) is -0.251. The van der Waals surface area contributed by atoms with Gasteiger partial charge in [0, 0.05) is 0 Å². The Morgan fingerprint density at radius 2 is 1.79 bits per heavy atom. The van der Waals surface area contributed by atoms with E-state index in [0.29, 0.717) is 0 Å². The number of benzene rings is 1. The Morgan fingerprint density at radius 3 is 2.21 bits per heavy atom. The molecule has 78 valence electrons. The van der Waals surface area contributed by atoms with Crippen LogP contribution < -0.4 is 0 Å². The van der Waals surface area contributed by atoms with Crippen molar-refractivity contribution in [2.75, 3.05) is 0 Å². The smallest absolute Gasteiger partial charge is 0.201 e. The second kappa shape index (κ2) is 5.32. The molecule has 14 heavy (non-hydrogen) atoms. The van der Waals surface area contributed by atoms with Crippen molar-refractivity contribution in [1.29, 1.82) is 0 Å². The average Bonchev–Trinajstić information content (AvgIpc) is 2.23. The van der Waals surface area contributed by atoms with E-state index in [-0.39, 0.29) is 17.4 Å². The van der Waals surface area contributed by atoms with Gasteiger partial charge in [-0.05, 0) is 18.6 Å². The molecular formula is C10H12F2O2. The number of phenols is 1. The standard InChI is InChI=1S/C8H6F2O2.C2H6/c1-4-2-5(3-11)8(12)7(10)6(4)9;1-2/h2-3,12H,1H3;1-2H3. The fraction of sp³-hybridized carbons (Fsp3) is 0.300. The Bertz CT molecular complexity index is 335. The summed E-state index contributed by atoms with van der Waals surface area (Å²) in [7, 11) is 0. The first-order valence-electron chi connectivity index (χ1n) is 4.20. The molecule has 0 spiro atoms. The van der Waals surface area contributed by atoms with Gasteiger partial charge in [-0.2, -0.15) is 4.39 Å². The zero-order valence-electron chi connectivity index (χ0n) is 8.27. The minimum absolute atomic E-state index is 0.00704. The molecule has 0 atom stereocenters. The van der Waals surface area contributed by atoms with Crippen LogP contribution in [0.4, 0.5) is 8.78 Å². The van der Waals surface area contributed by atoms with E-state index in [1.165, 1.54) is 6.92 Å². The van der Waals surface area contributed by atoms with Gasteiger partial charge in [-0.1, -0.05) is 13.8 Å². The zero-order valence-corrected chi connectivity index (χ0v) is 8.27. The quantitative estimate of drug-likeness (QED) is 0.711. The van der Waals surface area contributed by atoms with E-state index in [1.54, 1.807) is 0 Å². The number of hydrogen-bond acceptors (Lipinski definition) is 2. The third-order valence-electron chi connectivity index (χ3n) is 1.52. The summed E-state index contributed by atoms with van der Waals surface area (Å²) in [5.74, 6) is -3.44. The van der Waals surface area contributed by atoms with Crippen LogP contribution in [0.5, 0.6) is 5.75 Å². The van der Waals surface area contributed by atoms with Gasteiger partial charge < -0.3 is 5.11 Å². The van der Waals surface area contributed by atoms with Crippen LogP contribution in [0.2, 0.25) is 0 Å². The Morgan fingerprint density at radius 1 is 1.29 bits per heavy atom. The van der Waals surface area contributed by atoms with Crippen molar-refractivity contribution in [3.8, 4) is 5.75 Å². The maximum atomic E-state index is 12.7. The molecule has 0 heterocycles. The molecule has 0 aliphatic heterocycles. The first-order valence-corrected chi connectivity index (χ1v) is 4.20. The maximum Gasteiger partial charge on any atom is 0.201 e. The molecule has 0 unspecified atom stereocenters. The van der Waals surface area contributed by atoms with Gasteiger partial charge in [0.1, 0.15) is 0 Å². The molecule has 0 radical (unpaired) electrons. The first kappa shape index (κ1) is 12.5. The lowest BCUT2D eigenvalue weighted by Gasteiger charge is -2.02. The number of aryl methyl sites for hydroxylation is 1. The normalized spacial score (nSPS) is 8.93. The third-order valence-corrected chi connectivity index (χ3v) is 1.52. The number of rotatable bonds is 1. The summed E-state index contributed by atoms with van der Waals surface area (Å²) < 4.78 is 25.3. The van der Waals surface area contributed by atoms with Crippen molar-refractivity contribution < 1.29 is 18.7 Å². The maximum absolute atomic E-state index is 12.7. The summed E-state index contributed by atoms with van der Waals surface area (Å²) in [4.78, 5) is 10.2. The van der Waals surface area contributed by atoms with Crippen LogP contribution in [0.15, 0.2) is 6.07 Å². The highest BCUT2D eigenvalue weighted by Crippen LogP contribution is 2.24. The van der Waals surface area contributed by atoms with Crippen molar-refractivity contribution in [3.63, 3.8) is 0 Å². The number of aldehydes is 1. The molecule has 0 saturated carbocycles. The van der Waals surface area contributed by atoms with Crippen molar-refractivity contribution in [2.45, 2.75) is 20.8 Å². The van der Waals surface area contributed by atoms with Gasteiger partial charge in [-0.25, -0.2) is 4.39 Å². The SMILES string of the molecule is CC.Cc1cc(C=O)c(O)c(F)c1F. The van der Waals surface area contributed by atoms with Crippen LogP contribution in [0.3, 0.4) is 0 Å². The molecule has 0 amide bonds. The molecule has 0 bridgehead atoms. The van der Waals surface area contributed by atoms with Gasteiger partial charge in [0.25, 0.3) is 0 Å². The van der Waals surface area contributed by atoms with E-state index >= 15 is 0 Å². The fourth-order valence-corrected chi connectivity index (χ4v) is 0.859. The molecule has 0 saturated heterocycles. The molecule has 0 aliphatic carbocycles. The molecule has 1 rings (SSSR count). The lowest BCUT2D eigenvalue weighted by molar-refractivity contribution is 0.112. The van der Waals surface area contributed by atoms with E-state index in [2.05, 4.69) is 0 Å². The Hall–Kier alpha value is -1.45. The van der Waals surface area contributed by atoms with E-state index < -0.39 is 17.4 Å². The van der Waals surface area contributed by atoms with Crippen LogP contribution in [-0.4, -0.2) is 11.4 Å². The van der Waals surface area contributed by atoms with Gasteiger partial charge >= 0.3 is 0 Å². The molecule has 2 nitrogen and oxygen atoms in total. The van der Waals surface area contributed by atoms with E-state index in [0.717, 1.165) is 6.07 Å². The molecule has 1 aromatic carbocycles. The highest BCUT2D eigenvalue weighted by atomic mass is 19.2. The summed E-state index contributed by atoms with van der Waals surface area (Å²) >= 11 is 0. The number of carbonyl (C=O) groups excluding carboxylic acids is 1. The second-order valence-electron chi connectivity index (χ2n) is 2.38. The summed E-state index contributed by atoms with van der Waals surface area (Å²) in [5, 5.41) is 8.86.